The lowest BCUT2D eigenvalue weighted by Crippen LogP contribution is -2.33. The van der Waals surface area contributed by atoms with Gasteiger partial charge in [-0.05, 0) is 40.1 Å². The van der Waals surface area contributed by atoms with Gasteiger partial charge in [0.2, 0.25) is 0 Å². The number of nitrogens with zero attached hydrogens (tertiary/aromatic N) is 5. The standard InChI is InChI=1S/C29H28FN5O4/c1-34(13-18-5-4-8-22(30)12-18)27-24-28(32-16-31-27)35(17-33-24)29-26(37)25(36)23(39-29)15-38-14-19-9-10-20-6-2-3-7-21(20)11-19/h2-12,16-17,23,25-26,29,36-37H,13-15H2,1H3/t23-,25-,26-,29-/m1/s1. The van der Waals surface area contributed by atoms with Gasteiger partial charge in [-0.3, -0.25) is 4.57 Å². The summed E-state index contributed by atoms with van der Waals surface area (Å²) in [6.45, 7) is 0.861. The van der Waals surface area contributed by atoms with E-state index in [-0.39, 0.29) is 12.4 Å². The molecule has 39 heavy (non-hydrogen) atoms. The molecule has 0 bridgehead atoms. The Labute approximate surface area is 224 Å². The summed E-state index contributed by atoms with van der Waals surface area (Å²) in [6.07, 6.45) is -1.09. The van der Waals surface area contributed by atoms with E-state index in [1.807, 2.05) is 48.3 Å². The zero-order valence-electron chi connectivity index (χ0n) is 21.3. The van der Waals surface area contributed by atoms with Gasteiger partial charge in [0.1, 0.15) is 30.5 Å². The first-order valence-electron chi connectivity index (χ1n) is 12.7. The maximum Gasteiger partial charge on any atom is 0.167 e. The second kappa shape index (κ2) is 10.7. The highest BCUT2D eigenvalue weighted by Crippen LogP contribution is 2.33. The number of aliphatic hydroxyl groups excluding tert-OH is 2. The number of rotatable bonds is 8. The molecule has 3 aromatic carbocycles. The van der Waals surface area contributed by atoms with Crippen molar-refractivity contribution in [3.63, 3.8) is 0 Å². The molecule has 0 unspecified atom stereocenters. The molecular formula is C29H28FN5O4. The molecule has 1 aliphatic rings. The zero-order chi connectivity index (χ0) is 26.9. The first-order valence-corrected chi connectivity index (χ1v) is 12.7. The molecule has 0 saturated carbocycles. The number of imidazole rings is 1. The number of fused-ring (bicyclic) bond motifs is 2. The van der Waals surface area contributed by atoms with Gasteiger partial charge in [0.15, 0.2) is 23.2 Å². The molecule has 0 radical (unpaired) electrons. The van der Waals surface area contributed by atoms with E-state index in [4.69, 9.17) is 9.47 Å². The summed E-state index contributed by atoms with van der Waals surface area (Å²) in [5.74, 6) is 0.242. The van der Waals surface area contributed by atoms with E-state index in [1.54, 1.807) is 10.6 Å². The van der Waals surface area contributed by atoms with Crippen LogP contribution in [0, 0.1) is 5.82 Å². The maximum absolute atomic E-state index is 13.6. The van der Waals surface area contributed by atoms with Gasteiger partial charge in [0.25, 0.3) is 0 Å². The average molecular weight is 530 g/mol. The first-order chi connectivity index (χ1) is 19.0. The minimum Gasteiger partial charge on any atom is -0.387 e. The lowest BCUT2D eigenvalue weighted by molar-refractivity contribution is -0.0682. The largest absolute Gasteiger partial charge is 0.387 e. The van der Waals surface area contributed by atoms with Crippen LogP contribution in [0.5, 0.6) is 0 Å². The summed E-state index contributed by atoms with van der Waals surface area (Å²) in [5.41, 5.74) is 2.73. The summed E-state index contributed by atoms with van der Waals surface area (Å²) in [7, 11) is 1.83. The Kier molecular flexibility index (Phi) is 6.92. The third-order valence-electron chi connectivity index (χ3n) is 6.99. The minimum absolute atomic E-state index is 0.102. The normalized spacial score (nSPS) is 21.1. The summed E-state index contributed by atoms with van der Waals surface area (Å²) >= 11 is 0. The van der Waals surface area contributed by atoms with E-state index in [2.05, 4.69) is 27.1 Å². The molecular weight excluding hydrogens is 501 g/mol. The molecule has 4 atom stereocenters. The van der Waals surface area contributed by atoms with Crippen LogP contribution in [0.3, 0.4) is 0 Å². The summed E-state index contributed by atoms with van der Waals surface area (Å²) in [4.78, 5) is 15.1. The van der Waals surface area contributed by atoms with Gasteiger partial charge in [-0.15, -0.1) is 0 Å². The molecule has 3 heterocycles. The SMILES string of the molecule is CN(Cc1cccc(F)c1)c1ncnc2c1ncn2[C@@H]1O[C@H](COCc2ccc3ccccc3c2)[C@@H](O)[C@H]1O. The zero-order valence-corrected chi connectivity index (χ0v) is 21.3. The smallest absolute Gasteiger partial charge is 0.167 e. The minimum atomic E-state index is -1.21. The van der Waals surface area contributed by atoms with Crippen LogP contribution in [-0.2, 0) is 22.6 Å². The van der Waals surface area contributed by atoms with Crippen molar-refractivity contribution in [3.8, 4) is 0 Å². The highest BCUT2D eigenvalue weighted by atomic mass is 19.1. The first kappa shape index (κ1) is 25.3. The molecule has 1 aliphatic heterocycles. The third-order valence-corrected chi connectivity index (χ3v) is 6.99. The molecule has 6 rings (SSSR count). The molecule has 2 aromatic heterocycles. The Morgan fingerprint density at radius 3 is 2.64 bits per heavy atom. The Morgan fingerprint density at radius 1 is 0.949 bits per heavy atom. The van der Waals surface area contributed by atoms with Crippen LogP contribution >= 0.6 is 0 Å². The van der Waals surface area contributed by atoms with Crippen molar-refractivity contribution in [2.24, 2.45) is 0 Å². The Hall–Kier alpha value is -3.96. The van der Waals surface area contributed by atoms with Gasteiger partial charge in [0, 0.05) is 13.6 Å². The van der Waals surface area contributed by atoms with Gasteiger partial charge < -0.3 is 24.6 Å². The van der Waals surface area contributed by atoms with E-state index in [0.717, 1.165) is 21.9 Å². The van der Waals surface area contributed by atoms with Gasteiger partial charge in [-0.1, -0.05) is 48.5 Å². The van der Waals surface area contributed by atoms with Crippen molar-refractivity contribution in [1.29, 1.82) is 0 Å². The summed E-state index contributed by atoms with van der Waals surface area (Å²) in [5, 5.41) is 23.8. The molecule has 200 valence electrons. The van der Waals surface area contributed by atoms with E-state index in [0.29, 0.717) is 30.1 Å². The van der Waals surface area contributed by atoms with Crippen LogP contribution in [0.25, 0.3) is 21.9 Å². The predicted molar refractivity (Wildman–Crippen MR) is 143 cm³/mol. The number of halogens is 1. The lowest BCUT2D eigenvalue weighted by atomic mass is 10.1. The molecule has 0 aliphatic carbocycles. The van der Waals surface area contributed by atoms with Crippen molar-refractivity contribution in [3.05, 3.63) is 96.3 Å². The Balaban J connectivity index is 1.15. The van der Waals surface area contributed by atoms with Crippen LogP contribution in [0.15, 0.2) is 79.4 Å². The fraction of sp³-hybridized carbons (Fsp3) is 0.276. The molecule has 1 saturated heterocycles. The van der Waals surface area contributed by atoms with E-state index in [9.17, 15) is 14.6 Å². The van der Waals surface area contributed by atoms with Crippen LogP contribution < -0.4 is 4.90 Å². The third kappa shape index (κ3) is 5.07. The van der Waals surface area contributed by atoms with E-state index >= 15 is 0 Å². The maximum atomic E-state index is 13.6. The second-order valence-electron chi connectivity index (χ2n) is 9.75. The van der Waals surface area contributed by atoms with Gasteiger partial charge in [0.05, 0.1) is 19.5 Å². The van der Waals surface area contributed by atoms with Crippen LogP contribution in [0.2, 0.25) is 0 Å². The number of aromatic nitrogens is 4. The fourth-order valence-electron chi connectivity index (χ4n) is 5.01. The van der Waals surface area contributed by atoms with Crippen molar-refractivity contribution in [1.82, 2.24) is 19.5 Å². The number of aliphatic hydroxyl groups is 2. The molecule has 10 heteroatoms. The fourth-order valence-corrected chi connectivity index (χ4v) is 5.01. The number of anilines is 1. The highest BCUT2D eigenvalue weighted by molar-refractivity contribution is 5.83. The van der Waals surface area contributed by atoms with Crippen LogP contribution in [-0.4, -0.2) is 61.7 Å². The summed E-state index contributed by atoms with van der Waals surface area (Å²) in [6, 6.07) is 20.6. The second-order valence-corrected chi connectivity index (χ2v) is 9.75. The molecule has 1 fully saturated rings. The van der Waals surface area contributed by atoms with Crippen LogP contribution in [0.1, 0.15) is 17.4 Å². The average Bonchev–Trinajstić information content (AvgIpc) is 3.49. The summed E-state index contributed by atoms with van der Waals surface area (Å²) < 4.78 is 27.1. The number of hydrogen-bond acceptors (Lipinski definition) is 8. The number of benzene rings is 3. The van der Waals surface area contributed by atoms with Gasteiger partial charge in [-0.25, -0.2) is 19.3 Å². The van der Waals surface area contributed by atoms with Crippen molar-refractivity contribution >= 4 is 27.8 Å². The molecule has 5 aromatic rings. The highest BCUT2D eigenvalue weighted by Gasteiger charge is 2.44. The van der Waals surface area contributed by atoms with Gasteiger partial charge >= 0.3 is 0 Å². The Morgan fingerprint density at radius 2 is 1.79 bits per heavy atom. The number of hydrogen-bond donors (Lipinski definition) is 2. The lowest BCUT2D eigenvalue weighted by Gasteiger charge is -2.19. The molecule has 9 nitrogen and oxygen atoms in total. The predicted octanol–water partition coefficient (Wildman–Crippen LogP) is 3.59. The molecule has 2 N–H and O–H groups in total. The van der Waals surface area contributed by atoms with E-state index < -0.39 is 24.5 Å². The van der Waals surface area contributed by atoms with E-state index in [1.165, 1.54) is 24.8 Å². The Bertz CT molecular complexity index is 1610. The molecule has 0 amide bonds. The topological polar surface area (TPSA) is 106 Å². The number of ether oxygens (including phenoxy) is 2. The quantitative estimate of drug-likeness (QED) is 0.314. The van der Waals surface area contributed by atoms with Crippen molar-refractivity contribution < 1.29 is 24.1 Å². The van der Waals surface area contributed by atoms with Gasteiger partial charge in [-0.2, -0.15) is 0 Å². The van der Waals surface area contributed by atoms with Crippen LogP contribution in [0.4, 0.5) is 10.2 Å². The molecule has 0 spiro atoms. The van der Waals surface area contributed by atoms with Crippen molar-refractivity contribution in [2.45, 2.75) is 37.7 Å². The monoisotopic (exact) mass is 529 g/mol. The van der Waals surface area contributed by atoms with Crippen molar-refractivity contribution in [2.75, 3.05) is 18.6 Å².